The van der Waals surface area contributed by atoms with E-state index in [1.807, 2.05) is 42.5 Å². The fourth-order valence-electron chi connectivity index (χ4n) is 3.61. The first kappa shape index (κ1) is 27.0. The van der Waals surface area contributed by atoms with E-state index >= 15 is 0 Å². The minimum atomic E-state index is -2.14. The van der Waals surface area contributed by atoms with Crippen molar-refractivity contribution in [1.29, 1.82) is 0 Å². The second-order valence-corrected chi connectivity index (χ2v) is 16.2. The van der Waals surface area contributed by atoms with Gasteiger partial charge in [-0.25, -0.2) is 4.79 Å². The lowest BCUT2D eigenvalue weighted by atomic mass is 9.92. The molecular formula is C28H39NO5Si. The Labute approximate surface area is 210 Å². The number of ketones is 1. The maximum absolute atomic E-state index is 13.6. The number of nitrogens with one attached hydrogen (secondary N) is 1. The Morgan fingerprint density at radius 2 is 1.80 bits per heavy atom. The summed E-state index contributed by atoms with van der Waals surface area (Å²) in [7, 11) is -2.14. The summed E-state index contributed by atoms with van der Waals surface area (Å²) in [6, 6.07) is 14.1. The van der Waals surface area contributed by atoms with Crippen LogP contribution in [0, 0.1) is 0 Å². The zero-order valence-electron chi connectivity index (χ0n) is 22.1. The Balaban J connectivity index is 1.76. The minimum Gasteiger partial charge on any atom is -0.488 e. The second kappa shape index (κ2) is 10.5. The van der Waals surface area contributed by atoms with Crippen molar-refractivity contribution in [3.8, 4) is 5.75 Å². The Morgan fingerprint density at radius 3 is 2.46 bits per heavy atom. The average Bonchev–Trinajstić information content (AvgIpc) is 2.79. The molecule has 1 atom stereocenters. The summed E-state index contributed by atoms with van der Waals surface area (Å²) in [6.45, 7) is 15.0. The largest absolute Gasteiger partial charge is 0.488 e. The van der Waals surface area contributed by atoms with E-state index < -0.39 is 20.5 Å². The molecule has 7 heteroatoms. The van der Waals surface area contributed by atoms with Gasteiger partial charge in [-0.05, 0) is 74.1 Å². The van der Waals surface area contributed by atoms with Gasteiger partial charge in [0.2, 0.25) is 0 Å². The van der Waals surface area contributed by atoms with Crippen LogP contribution in [0.5, 0.6) is 5.75 Å². The lowest BCUT2D eigenvalue weighted by Crippen LogP contribution is -2.49. The summed E-state index contributed by atoms with van der Waals surface area (Å²) in [5, 5.41) is 2.73. The number of aryl methyl sites for hydroxylation is 1. The maximum atomic E-state index is 13.6. The molecule has 1 amide bonds. The van der Waals surface area contributed by atoms with Crippen molar-refractivity contribution in [2.75, 3.05) is 6.61 Å². The first-order chi connectivity index (χ1) is 16.3. The van der Waals surface area contributed by atoms with Gasteiger partial charge in [0.25, 0.3) is 0 Å². The van der Waals surface area contributed by atoms with Gasteiger partial charge in [-0.15, -0.1) is 0 Å². The molecule has 2 aromatic rings. The summed E-state index contributed by atoms with van der Waals surface area (Å²) in [5.41, 5.74) is 2.19. The zero-order valence-corrected chi connectivity index (χ0v) is 23.1. The molecule has 1 heterocycles. The van der Waals surface area contributed by atoms with Crippen molar-refractivity contribution in [2.24, 2.45) is 0 Å². The number of amides is 1. The highest BCUT2D eigenvalue weighted by Crippen LogP contribution is 2.37. The number of benzene rings is 2. The van der Waals surface area contributed by atoms with E-state index in [1.165, 1.54) is 0 Å². The van der Waals surface area contributed by atoms with Gasteiger partial charge < -0.3 is 19.2 Å². The number of fused-ring (bicyclic) bond motifs is 1. The van der Waals surface area contributed by atoms with Crippen molar-refractivity contribution in [2.45, 2.75) is 83.8 Å². The SMILES string of the molecule is CC1(C)CCc2cc(C(=O)[C@@H](CO[Si](C)(C)C(C)(C)C)NC(=O)OCc3ccccc3)ccc2O1. The third-order valence-electron chi connectivity index (χ3n) is 6.97. The fraction of sp³-hybridized carbons (Fsp3) is 0.500. The molecule has 0 saturated carbocycles. The molecule has 0 radical (unpaired) electrons. The highest BCUT2D eigenvalue weighted by molar-refractivity contribution is 6.74. The van der Waals surface area contributed by atoms with E-state index in [0.29, 0.717) is 5.56 Å². The van der Waals surface area contributed by atoms with Gasteiger partial charge in [0.05, 0.1) is 6.61 Å². The molecule has 0 aromatic heterocycles. The van der Waals surface area contributed by atoms with Crippen molar-refractivity contribution in [3.05, 3.63) is 65.2 Å². The van der Waals surface area contributed by atoms with Gasteiger partial charge in [0, 0.05) is 5.56 Å². The number of carbonyl (C=O) groups excluding carboxylic acids is 2. The van der Waals surface area contributed by atoms with E-state index in [4.69, 9.17) is 13.9 Å². The van der Waals surface area contributed by atoms with Gasteiger partial charge in [0.15, 0.2) is 14.1 Å². The van der Waals surface area contributed by atoms with Gasteiger partial charge in [-0.2, -0.15) is 0 Å². The molecule has 0 aliphatic carbocycles. The van der Waals surface area contributed by atoms with Crippen molar-refractivity contribution >= 4 is 20.2 Å². The normalized spacial score (nSPS) is 16.0. The molecule has 6 nitrogen and oxygen atoms in total. The number of alkyl carbamates (subject to hydrolysis) is 1. The number of hydrogen-bond acceptors (Lipinski definition) is 5. The van der Waals surface area contributed by atoms with Crippen molar-refractivity contribution in [1.82, 2.24) is 5.32 Å². The maximum Gasteiger partial charge on any atom is 0.408 e. The predicted octanol–water partition coefficient (Wildman–Crippen LogP) is 6.29. The molecule has 0 bridgehead atoms. The highest BCUT2D eigenvalue weighted by atomic mass is 28.4. The summed E-state index contributed by atoms with van der Waals surface area (Å²) in [4.78, 5) is 26.2. The summed E-state index contributed by atoms with van der Waals surface area (Å²) >= 11 is 0. The molecule has 0 saturated heterocycles. The Morgan fingerprint density at radius 1 is 1.11 bits per heavy atom. The van der Waals surface area contributed by atoms with Crippen molar-refractivity contribution in [3.63, 3.8) is 0 Å². The molecule has 0 fully saturated rings. The summed E-state index contributed by atoms with van der Waals surface area (Å²) in [5.74, 6) is 0.607. The summed E-state index contributed by atoms with van der Waals surface area (Å²) in [6.07, 6.45) is 1.06. The molecule has 1 aliphatic heterocycles. The van der Waals surface area contributed by atoms with Gasteiger partial charge in [0.1, 0.15) is 24.0 Å². The molecule has 1 aliphatic rings. The van der Waals surface area contributed by atoms with Crippen LogP contribution in [0.4, 0.5) is 4.79 Å². The third-order valence-corrected chi connectivity index (χ3v) is 11.5. The molecule has 3 rings (SSSR count). The van der Waals surface area contributed by atoms with Gasteiger partial charge >= 0.3 is 6.09 Å². The van der Waals surface area contributed by atoms with Gasteiger partial charge in [-0.3, -0.25) is 4.79 Å². The number of ether oxygens (including phenoxy) is 2. The van der Waals surface area contributed by atoms with E-state index in [1.54, 1.807) is 6.07 Å². The Bertz CT molecular complexity index is 1040. The Hall–Kier alpha value is -2.64. The van der Waals surface area contributed by atoms with Crippen LogP contribution >= 0.6 is 0 Å². The number of Topliss-reactive ketones (excluding diaryl/α,β-unsaturated/α-hetero) is 1. The fourth-order valence-corrected chi connectivity index (χ4v) is 4.63. The lowest BCUT2D eigenvalue weighted by Gasteiger charge is -2.37. The van der Waals surface area contributed by atoms with E-state index in [0.717, 1.165) is 29.7 Å². The quantitative estimate of drug-likeness (QED) is 0.343. The molecule has 1 N–H and O–H groups in total. The minimum absolute atomic E-state index is 0.0234. The molecule has 190 valence electrons. The zero-order chi connectivity index (χ0) is 25.9. The van der Waals surface area contributed by atoms with Crippen LogP contribution < -0.4 is 10.1 Å². The van der Waals surface area contributed by atoms with E-state index in [9.17, 15) is 9.59 Å². The monoisotopic (exact) mass is 497 g/mol. The van der Waals surface area contributed by atoms with Crippen LogP contribution in [0.2, 0.25) is 18.1 Å². The summed E-state index contributed by atoms with van der Waals surface area (Å²) < 4.78 is 17.8. The second-order valence-electron chi connectivity index (χ2n) is 11.4. The predicted molar refractivity (Wildman–Crippen MR) is 141 cm³/mol. The third kappa shape index (κ3) is 7.18. The Kier molecular flexibility index (Phi) is 8.12. The molecule has 2 aromatic carbocycles. The standard InChI is InChI=1S/C28H39NO5Si/c1-27(2,3)35(6,7)33-19-23(29-26(31)32-18-20-11-9-8-10-12-20)25(30)22-13-14-24-21(17-22)15-16-28(4,5)34-24/h8-14,17,23H,15-16,18-19H2,1-7H3,(H,29,31)/t23-/m1/s1. The van der Waals surface area contributed by atoms with Crippen LogP contribution in [0.1, 0.15) is 62.5 Å². The van der Waals surface area contributed by atoms with Crippen LogP contribution in [-0.2, 0) is 22.2 Å². The first-order valence-electron chi connectivity index (χ1n) is 12.2. The van der Waals surface area contributed by atoms with Crippen LogP contribution in [-0.4, -0.2) is 38.4 Å². The lowest BCUT2D eigenvalue weighted by molar-refractivity contribution is 0.0839. The van der Waals surface area contributed by atoms with Gasteiger partial charge in [-0.1, -0.05) is 51.1 Å². The smallest absolute Gasteiger partial charge is 0.408 e. The molecule has 0 unspecified atom stereocenters. The highest BCUT2D eigenvalue weighted by Gasteiger charge is 2.38. The first-order valence-corrected chi connectivity index (χ1v) is 15.2. The van der Waals surface area contributed by atoms with Crippen LogP contribution in [0.25, 0.3) is 0 Å². The number of rotatable bonds is 8. The number of hydrogen-bond donors (Lipinski definition) is 1. The molecule has 35 heavy (non-hydrogen) atoms. The molecule has 0 spiro atoms. The van der Waals surface area contributed by atoms with Crippen LogP contribution in [0.3, 0.4) is 0 Å². The number of carbonyl (C=O) groups is 2. The van der Waals surface area contributed by atoms with Crippen LogP contribution in [0.15, 0.2) is 48.5 Å². The average molecular weight is 498 g/mol. The molecular weight excluding hydrogens is 458 g/mol. The van der Waals surface area contributed by atoms with E-state index in [2.05, 4.69) is 53.0 Å². The topological polar surface area (TPSA) is 73.9 Å². The van der Waals surface area contributed by atoms with Crippen molar-refractivity contribution < 1.29 is 23.5 Å². The van der Waals surface area contributed by atoms with E-state index in [-0.39, 0.29) is 29.6 Å².